The number of hydrogen-bond donors (Lipinski definition) is 2. The number of nitrogens with zero attached hydrogens (tertiary/aromatic N) is 1. The zero-order valence-electron chi connectivity index (χ0n) is 13.3. The lowest BCUT2D eigenvalue weighted by Crippen LogP contribution is -2.20. The van der Waals surface area contributed by atoms with Crippen molar-refractivity contribution in [2.45, 2.75) is 19.8 Å². The fraction of sp³-hybridized carbons (Fsp3) is 0.333. The highest BCUT2D eigenvalue weighted by Gasteiger charge is 2.14. The molecule has 2 aromatic rings. The number of carbonyl (C=O) groups excluding carboxylic acids is 1. The predicted octanol–water partition coefficient (Wildman–Crippen LogP) is 4.22. The van der Waals surface area contributed by atoms with Crippen LogP contribution in [-0.4, -0.2) is 25.4 Å². The first-order chi connectivity index (χ1) is 10.9. The fourth-order valence-electron chi connectivity index (χ4n) is 1.85. The molecule has 124 valence electrons. The number of hydrogen-bond acceptors (Lipinski definition) is 5. The number of amides is 2. The van der Waals surface area contributed by atoms with Gasteiger partial charge < -0.3 is 19.3 Å². The van der Waals surface area contributed by atoms with Crippen molar-refractivity contribution in [2.24, 2.45) is 0 Å². The summed E-state index contributed by atoms with van der Waals surface area (Å²) in [6.45, 7) is 3.95. The highest BCUT2D eigenvalue weighted by atomic mass is 79.9. The minimum Gasteiger partial charge on any atom is -0.495 e. The summed E-state index contributed by atoms with van der Waals surface area (Å²) in [4.78, 5) is 12.1. The fourth-order valence-corrected chi connectivity index (χ4v) is 2.35. The zero-order chi connectivity index (χ0) is 17.0. The molecule has 0 atom stereocenters. The molecule has 0 saturated carbocycles. The predicted molar refractivity (Wildman–Crippen MR) is 90.5 cm³/mol. The maximum Gasteiger partial charge on any atom is 0.325 e. The van der Waals surface area contributed by atoms with Crippen molar-refractivity contribution in [1.29, 1.82) is 0 Å². The molecule has 2 N–H and O–H groups in total. The standard InChI is InChI=1S/C15H18BrN3O4/c1-8(2)11-7-14(19-23-11)18-15(20)17-10-5-9(16)12(21-3)6-13(10)22-4/h5-8H,1-4H3,(H2,17,18,19,20). The SMILES string of the molecule is COc1cc(OC)c(NC(=O)Nc2cc(C(C)C)on2)cc1Br. The van der Waals surface area contributed by atoms with Crippen LogP contribution < -0.4 is 20.1 Å². The molecule has 0 unspecified atom stereocenters. The number of aromatic nitrogens is 1. The Morgan fingerprint density at radius 3 is 2.43 bits per heavy atom. The quantitative estimate of drug-likeness (QED) is 0.806. The Morgan fingerprint density at radius 1 is 1.17 bits per heavy atom. The van der Waals surface area contributed by atoms with Gasteiger partial charge in [-0.25, -0.2) is 4.79 Å². The van der Waals surface area contributed by atoms with Gasteiger partial charge in [-0.2, -0.15) is 0 Å². The van der Waals surface area contributed by atoms with Crippen LogP contribution in [0.2, 0.25) is 0 Å². The molecule has 1 aromatic carbocycles. The Morgan fingerprint density at radius 2 is 1.87 bits per heavy atom. The molecule has 2 amide bonds. The minimum absolute atomic E-state index is 0.193. The summed E-state index contributed by atoms with van der Waals surface area (Å²) < 4.78 is 16.3. The molecule has 1 aromatic heterocycles. The van der Waals surface area contributed by atoms with E-state index in [4.69, 9.17) is 14.0 Å². The van der Waals surface area contributed by atoms with Crippen molar-refractivity contribution in [3.63, 3.8) is 0 Å². The molecule has 23 heavy (non-hydrogen) atoms. The van der Waals surface area contributed by atoms with Gasteiger partial charge in [0.15, 0.2) is 5.82 Å². The second kappa shape index (κ2) is 7.36. The van der Waals surface area contributed by atoms with Crippen LogP contribution in [0.4, 0.5) is 16.3 Å². The number of urea groups is 1. The molecule has 2 rings (SSSR count). The van der Waals surface area contributed by atoms with Gasteiger partial charge in [0.1, 0.15) is 17.3 Å². The van der Waals surface area contributed by atoms with Gasteiger partial charge in [-0.05, 0) is 22.0 Å². The molecule has 0 saturated heterocycles. The Kier molecular flexibility index (Phi) is 5.49. The number of ether oxygens (including phenoxy) is 2. The molecule has 0 bridgehead atoms. The molecular weight excluding hydrogens is 366 g/mol. The van der Waals surface area contributed by atoms with Gasteiger partial charge in [0, 0.05) is 18.1 Å². The van der Waals surface area contributed by atoms with Crippen LogP contribution in [0.5, 0.6) is 11.5 Å². The van der Waals surface area contributed by atoms with Crippen LogP contribution in [0.3, 0.4) is 0 Å². The van der Waals surface area contributed by atoms with Crippen molar-refractivity contribution < 1.29 is 18.8 Å². The van der Waals surface area contributed by atoms with E-state index in [0.29, 0.717) is 33.2 Å². The van der Waals surface area contributed by atoms with Crippen LogP contribution in [0.15, 0.2) is 27.2 Å². The first-order valence-electron chi connectivity index (χ1n) is 6.90. The van der Waals surface area contributed by atoms with Crippen molar-refractivity contribution >= 4 is 33.5 Å². The second-order valence-corrected chi connectivity index (χ2v) is 5.89. The van der Waals surface area contributed by atoms with E-state index in [1.165, 1.54) is 7.11 Å². The normalized spacial score (nSPS) is 10.5. The van der Waals surface area contributed by atoms with Crippen LogP contribution in [-0.2, 0) is 0 Å². The largest absolute Gasteiger partial charge is 0.495 e. The average molecular weight is 384 g/mol. The van der Waals surface area contributed by atoms with Crippen LogP contribution >= 0.6 is 15.9 Å². The number of benzene rings is 1. The third-order valence-corrected chi connectivity index (χ3v) is 3.68. The topological polar surface area (TPSA) is 85.6 Å². The van der Waals surface area contributed by atoms with E-state index >= 15 is 0 Å². The lowest BCUT2D eigenvalue weighted by Gasteiger charge is -2.13. The van der Waals surface area contributed by atoms with Crippen LogP contribution in [0.25, 0.3) is 0 Å². The van der Waals surface area contributed by atoms with Crippen molar-refractivity contribution in [3.05, 3.63) is 28.4 Å². The van der Waals surface area contributed by atoms with Crippen molar-refractivity contribution in [1.82, 2.24) is 5.16 Å². The van der Waals surface area contributed by atoms with E-state index in [1.54, 1.807) is 25.3 Å². The van der Waals surface area contributed by atoms with Gasteiger partial charge in [-0.15, -0.1) is 0 Å². The molecule has 0 aliphatic carbocycles. The Balaban J connectivity index is 2.11. The summed E-state index contributed by atoms with van der Waals surface area (Å²) in [5, 5.41) is 9.11. The summed E-state index contributed by atoms with van der Waals surface area (Å²) in [5.41, 5.74) is 0.491. The molecule has 8 heteroatoms. The van der Waals surface area contributed by atoms with Crippen molar-refractivity contribution in [2.75, 3.05) is 24.9 Å². The van der Waals surface area contributed by atoms with E-state index in [-0.39, 0.29) is 5.92 Å². The van der Waals surface area contributed by atoms with Crippen LogP contribution in [0, 0.1) is 0 Å². The lowest BCUT2D eigenvalue weighted by atomic mass is 10.2. The minimum atomic E-state index is -0.455. The van der Waals surface area contributed by atoms with Gasteiger partial charge in [-0.1, -0.05) is 19.0 Å². The highest BCUT2D eigenvalue weighted by Crippen LogP contribution is 2.36. The van der Waals surface area contributed by atoms with E-state index < -0.39 is 6.03 Å². The monoisotopic (exact) mass is 383 g/mol. The Labute approximate surface area is 142 Å². The molecule has 0 radical (unpaired) electrons. The van der Waals surface area contributed by atoms with Gasteiger partial charge in [-0.3, -0.25) is 5.32 Å². The number of rotatable bonds is 5. The second-order valence-electron chi connectivity index (χ2n) is 5.04. The molecule has 7 nitrogen and oxygen atoms in total. The number of methoxy groups -OCH3 is 2. The first kappa shape index (κ1) is 17.1. The Bertz CT molecular complexity index is 700. The molecule has 0 aliphatic heterocycles. The summed E-state index contributed by atoms with van der Waals surface area (Å²) >= 11 is 3.37. The smallest absolute Gasteiger partial charge is 0.325 e. The first-order valence-corrected chi connectivity index (χ1v) is 7.70. The molecule has 0 fully saturated rings. The zero-order valence-corrected chi connectivity index (χ0v) is 14.9. The van der Waals surface area contributed by atoms with Gasteiger partial charge >= 0.3 is 6.03 Å². The third kappa shape index (κ3) is 4.16. The third-order valence-electron chi connectivity index (χ3n) is 3.06. The van der Waals surface area contributed by atoms with Crippen LogP contribution in [0.1, 0.15) is 25.5 Å². The average Bonchev–Trinajstić information content (AvgIpc) is 2.96. The lowest BCUT2D eigenvalue weighted by molar-refractivity contribution is 0.261. The van der Waals surface area contributed by atoms with Crippen molar-refractivity contribution in [3.8, 4) is 11.5 Å². The van der Waals surface area contributed by atoms with Gasteiger partial charge in [0.05, 0.1) is 24.4 Å². The van der Waals surface area contributed by atoms with E-state index in [0.717, 1.165) is 0 Å². The summed E-state index contributed by atoms with van der Waals surface area (Å²) in [5.74, 6) is 2.32. The highest BCUT2D eigenvalue weighted by molar-refractivity contribution is 9.10. The number of nitrogens with one attached hydrogen (secondary N) is 2. The number of carbonyl (C=O) groups is 1. The number of anilines is 2. The maximum atomic E-state index is 12.1. The van der Waals surface area contributed by atoms with E-state index in [2.05, 4.69) is 31.7 Å². The summed E-state index contributed by atoms with van der Waals surface area (Å²) in [6, 6.07) is 4.60. The summed E-state index contributed by atoms with van der Waals surface area (Å²) in [6.07, 6.45) is 0. The van der Waals surface area contributed by atoms with E-state index in [9.17, 15) is 4.79 Å². The summed E-state index contributed by atoms with van der Waals surface area (Å²) in [7, 11) is 3.06. The molecule has 0 aliphatic rings. The van der Waals surface area contributed by atoms with Gasteiger partial charge in [0.25, 0.3) is 0 Å². The molecule has 1 heterocycles. The maximum absolute atomic E-state index is 12.1. The van der Waals surface area contributed by atoms with E-state index in [1.807, 2.05) is 13.8 Å². The van der Waals surface area contributed by atoms with Gasteiger partial charge in [0.2, 0.25) is 0 Å². The molecule has 0 spiro atoms. The number of halogens is 1. The Hall–Kier alpha value is -2.22. The molecular formula is C15H18BrN3O4.